The number of hydrogen-bond acceptors (Lipinski definition) is 7. The average molecular weight is 797 g/mol. The molecule has 0 aliphatic carbocycles. The van der Waals surface area contributed by atoms with E-state index in [1.807, 2.05) is 41.1 Å². The van der Waals surface area contributed by atoms with Gasteiger partial charge in [-0.05, 0) is 60.3 Å². The zero-order valence-electron chi connectivity index (χ0n) is 29.8. The van der Waals surface area contributed by atoms with Crippen LogP contribution in [0.5, 0.6) is 11.5 Å². The minimum absolute atomic E-state index is 0.0388. The number of halogens is 5. The minimum atomic E-state index is -4.91. The summed E-state index contributed by atoms with van der Waals surface area (Å²) in [6.07, 6.45) is -1.47. The Morgan fingerprint density at radius 3 is 2.49 bits per heavy atom. The van der Waals surface area contributed by atoms with Gasteiger partial charge in [0, 0.05) is 71.3 Å². The van der Waals surface area contributed by atoms with Gasteiger partial charge in [-0.15, -0.1) is 13.2 Å². The highest BCUT2D eigenvalue weighted by Gasteiger charge is 2.33. The first-order valence-corrected chi connectivity index (χ1v) is 18.6. The second-order valence-electron chi connectivity index (χ2n) is 13.8. The Bertz CT molecular complexity index is 2250. The van der Waals surface area contributed by atoms with Crippen LogP contribution in [0.4, 0.5) is 13.2 Å². The van der Waals surface area contributed by atoms with Crippen molar-refractivity contribution >= 4 is 46.0 Å². The maximum Gasteiger partial charge on any atom is 0.573 e. The number of aliphatic carboxylic acids is 1. The van der Waals surface area contributed by atoms with E-state index >= 15 is 0 Å². The SMILES string of the molecule is COc1cc(Cn2ncc3c(-c4cccc(-c5ccc(CNCC6CCC(=O)N6)c(OC(F)(F)F)c5)c4Cl)cccc32)c(Cl)cc1CN1CCC(C(=O)O)C1. The lowest BCUT2D eigenvalue weighted by Gasteiger charge is -2.19. The lowest BCUT2D eigenvalue weighted by atomic mass is 9.96. The van der Waals surface area contributed by atoms with Crippen LogP contribution < -0.4 is 20.1 Å². The van der Waals surface area contributed by atoms with E-state index in [0.29, 0.717) is 90.0 Å². The predicted octanol–water partition coefficient (Wildman–Crippen LogP) is 7.91. The van der Waals surface area contributed by atoms with Gasteiger partial charge in [-0.2, -0.15) is 5.10 Å². The number of nitrogens with zero attached hydrogens (tertiary/aromatic N) is 3. The summed E-state index contributed by atoms with van der Waals surface area (Å²) in [6, 6.07) is 19.4. The van der Waals surface area contributed by atoms with Gasteiger partial charge < -0.3 is 25.2 Å². The molecule has 3 heterocycles. The largest absolute Gasteiger partial charge is 0.573 e. The van der Waals surface area contributed by atoms with Crippen molar-refractivity contribution in [2.45, 2.75) is 51.3 Å². The van der Waals surface area contributed by atoms with E-state index in [4.69, 9.17) is 27.9 Å². The molecule has 2 unspecified atom stereocenters. The molecule has 5 aromatic rings. The van der Waals surface area contributed by atoms with Crippen molar-refractivity contribution in [3.63, 3.8) is 0 Å². The first-order chi connectivity index (χ1) is 26.4. The normalized spacial score (nSPS) is 17.5. The molecule has 1 aromatic heterocycles. The number of aromatic nitrogens is 2. The first kappa shape index (κ1) is 38.5. The van der Waals surface area contributed by atoms with E-state index in [2.05, 4.69) is 25.4 Å². The number of nitrogens with one attached hydrogen (secondary N) is 2. The number of alkyl halides is 3. The van der Waals surface area contributed by atoms with Crippen molar-refractivity contribution in [3.8, 4) is 33.8 Å². The van der Waals surface area contributed by atoms with Crippen molar-refractivity contribution in [1.29, 1.82) is 0 Å². The molecule has 2 fully saturated rings. The van der Waals surface area contributed by atoms with E-state index in [1.54, 1.807) is 37.6 Å². The number of likely N-dealkylation sites (tertiary alicyclic amines) is 1. The average Bonchev–Trinajstić information content (AvgIpc) is 3.90. The topological polar surface area (TPSA) is 118 Å². The number of amides is 1. The summed E-state index contributed by atoms with van der Waals surface area (Å²) >= 11 is 13.9. The van der Waals surface area contributed by atoms with Crippen molar-refractivity contribution in [2.75, 3.05) is 26.7 Å². The molecule has 3 N–H and O–H groups in total. The number of benzene rings is 4. The molecule has 4 aromatic carbocycles. The Labute approximate surface area is 325 Å². The number of fused-ring (bicyclic) bond motifs is 1. The van der Waals surface area contributed by atoms with E-state index in [9.17, 15) is 27.9 Å². The first-order valence-electron chi connectivity index (χ1n) is 17.8. The number of methoxy groups -OCH3 is 1. The second-order valence-corrected chi connectivity index (χ2v) is 14.6. The molecule has 0 spiro atoms. The van der Waals surface area contributed by atoms with Crippen LogP contribution in [0.1, 0.15) is 36.0 Å². The third-order valence-corrected chi connectivity index (χ3v) is 10.9. The van der Waals surface area contributed by atoms with Crippen molar-refractivity contribution < 1.29 is 37.3 Å². The van der Waals surface area contributed by atoms with Crippen molar-refractivity contribution in [1.82, 2.24) is 25.3 Å². The standard InChI is InChI=1S/C40H38Cl2F3N5O5/c1-54-35-16-26(33(41)14-27(35)21-49-13-12-25(20-49)39(52)53)22-50-34-7-3-5-30(32(34)19-47-50)31-6-2-4-29(38(31)42)23-8-9-24(36(15-23)55-40(43,44)45)17-46-18-28-10-11-37(51)48-28/h2-9,14-16,19,25,28,46H,10-13,17-18,20-22H2,1H3,(H,48,51)(H,52,53). The Morgan fingerprint density at radius 1 is 0.982 bits per heavy atom. The van der Waals surface area contributed by atoms with E-state index in [1.165, 1.54) is 6.07 Å². The molecule has 0 radical (unpaired) electrons. The molecule has 288 valence electrons. The van der Waals surface area contributed by atoms with E-state index in [-0.39, 0.29) is 30.2 Å². The van der Waals surface area contributed by atoms with Crippen LogP contribution in [0.15, 0.2) is 72.9 Å². The monoisotopic (exact) mass is 795 g/mol. The zero-order valence-corrected chi connectivity index (χ0v) is 31.3. The van der Waals surface area contributed by atoms with Gasteiger partial charge in [-0.25, -0.2) is 0 Å². The van der Waals surface area contributed by atoms with Crippen LogP contribution in [-0.4, -0.2) is 70.8 Å². The van der Waals surface area contributed by atoms with Crippen LogP contribution in [0.2, 0.25) is 10.0 Å². The number of rotatable bonds is 13. The Hall–Kier alpha value is -4.82. The van der Waals surface area contributed by atoms with Crippen molar-refractivity contribution in [3.05, 3.63) is 99.7 Å². The Balaban J connectivity index is 1.14. The number of carboxylic acids is 1. The van der Waals surface area contributed by atoms with Crippen LogP contribution in [0, 0.1) is 5.92 Å². The number of carbonyl (C=O) groups excluding carboxylic acids is 1. The zero-order chi connectivity index (χ0) is 38.9. The smallest absolute Gasteiger partial charge is 0.496 e. The van der Waals surface area contributed by atoms with Gasteiger partial charge in [0.1, 0.15) is 11.5 Å². The Kier molecular flexibility index (Phi) is 11.3. The molecule has 2 atom stereocenters. The molecule has 55 heavy (non-hydrogen) atoms. The summed E-state index contributed by atoms with van der Waals surface area (Å²) in [4.78, 5) is 25.1. The fourth-order valence-corrected chi connectivity index (χ4v) is 7.96. The molecule has 15 heteroatoms. The molecule has 0 saturated carbocycles. The van der Waals surface area contributed by atoms with Crippen molar-refractivity contribution in [2.24, 2.45) is 5.92 Å². The minimum Gasteiger partial charge on any atom is -0.496 e. The van der Waals surface area contributed by atoms with Gasteiger partial charge in [0.15, 0.2) is 0 Å². The third-order valence-electron chi connectivity index (χ3n) is 10.2. The molecular formula is C40H38Cl2F3N5O5. The molecule has 1 amide bonds. The molecular weight excluding hydrogens is 758 g/mol. The molecule has 10 nitrogen and oxygen atoms in total. The molecule has 0 bridgehead atoms. The molecule has 2 aliphatic heterocycles. The van der Waals surface area contributed by atoms with Gasteiger partial charge in [-0.1, -0.05) is 65.7 Å². The van der Waals surface area contributed by atoms with Crippen LogP contribution >= 0.6 is 23.2 Å². The summed E-state index contributed by atoms with van der Waals surface area (Å²) in [7, 11) is 1.59. The fraction of sp³-hybridized carbons (Fsp3) is 0.325. The fourth-order valence-electron chi connectivity index (χ4n) is 7.38. The summed E-state index contributed by atoms with van der Waals surface area (Å²) < 4.78 is 52.7. The number of hydrogen-bond donors (Lipinski definition) is 3. The van der Waals surface area contributed by atoms with Gasteiger partial charge in [0.2, 0.25) is 5.91 Å². The summed E-state index contributed by atoms with van der Waals surface area (Å²) in [6.45, 7) is 2.51. The summed E-state index contributed by atoms with van der Waals surface area (Å²) in [5.41, 5.74) is 5.18. The predicted molar refractivity (Wildman–Crippen MR) is 203 cm³/mol. The molecule has 2 saturated heterocycles. The van der Waals surface area contributed by atoms with Gasteiger partial charge >= 0.3 is 12.3 Å². The maximum absolute atomic E-state index is 13.5. The lowest BCUT2D eigenvalue weighted by molar-refractivity contribution is -0.274. The van der Waals surface area contributed by atoms with Crippen LogP contribution in [0.3, 0.4) is 0 Å². The number of carbonyl (C=O) groups is 2. The third kappa shape index (κ3) is 8.70. The van der Waals surface area contributed by atoms with E-state index in [0.717, 1.165) is 27.6 Å². The highest BCUT2D eigenvalue weighted by molar-refractivity contribution is 6.36. The van der Waals surface area contributed by atoms with E-state index < -0.39 is 12.3 Å². The maximum atomic E-state index is 13.5. The highest BCUT2D eigenvalue weighted by atomic mass is 35.5. The molecule has 2 aliphatic rings. The summed E-state index contributed by atoms with van der Waals surface area (Å²) in [5, 5.41) is 21.7. The molecule has 7 rings (SSSR count). The summed E-state index contributed by atoms with van der Waals surface area (Å²) in [5.74, 6) is -0.913. The number of ether oxygens (including phenoxy) is 2. The van der Waals surface area contributed by atoms with Gasteiger partial charge in [0.25, 0.3) is 0 Å². The quantitative estimate of drug-likeness (QED) is 0.110. The lowest BCUT2D eigenvalue weighted by Crippen LogP contribution is -2.35. The highest BCUT2D eigenvalue weighted by Crippen LogP contribution is 2.41. The Morgan fingerprint density at radius 2 is 1.76 bits per heavy atom. The van der Waals surface area contributed by atoms with Gasteiger partial charge in [-0.3, -0.25) is 19.2 Å². The number of carboxylic acid groups (broad SMARTS) is 1. The van der Waals surface area contributed by atoms with Gasteiger partial charge in [0.05, 0.1) is 36.3 Å². The van der Waals surface area contributed by atoms with Crippen LogP contribution in [-0.2, 0) is 29.2 Å². The second kappa shape index (κ2) is 16.1. The van der Waals surface area contributed by atoms with Crippen LogP contribution in [0.25, 0.3) is 33.2 Å².